The summed E-state index contributed by atoms with van der Waals surface area (Å²) in [4.78, 5) is 29.9. The zero-order valence-corrected chi connectivity index (χ0v) is 8.50. The van der Waals surface area contributed by atoms with Crippen LogP contribution in [0.3, 0.4) is 0 Å². The number of alkyl halides is 1. The molecule has 62 valence electrons. The van der Waals surface area contributed by atoms with Gasteiger partial charge in [-0.1, -0.05) is 0 Å². The smallest absolute Gasteiger partial charge is 0.542 e. The zero-order chi connectivity index (χ0) is 9.02. The maximum absolute atomic E-state index is 12.2. The average molecular weight is 186 g/mol. The molecule has 0 spiro atoms. The number of rotatable bonds is 3. The van der Waals surface area contributed by atoms with Crippen molar-refractivity contribution in [3.8, 4) is 0 Å². The van der Waals surface area contributed by atoms with Crippen molar-refractivity contribution in [1.29, 1.82) is 0 Å². The summed E-state index contributed by atoms with van der Waals surface area (Å²) in [6, 6.07) is 0. The van der Waals surface area contributed by atoms with E-state index in [0.29, 0.717) is 0 Å². The molecule has 0 saturated carbocycles. The van der Waals surface area contributed by atoms with Crippen molar-refractivity contribution < 1.29 is 58.2 Å². The number of hydrogen-bond donors (Lipinski definition) is 0. The van der Waals surface area contributed by atoms with Gasteiger partial charge in [-0.25, -0.2) is 9.18 Å². The largest absolute Gasteiger partial charge is 1.00 e. The number of Topliss-reactive ketones (excluding diaryl/α,β-unsaturated/α-hetero) is 1. The van der Waals surface area contributed by atoms with Gasteiger partial charge in [-0.3, -0.25) is 4.79 Å². The molecule has 0 rings (SSSR count). The van der Waals surface area contributed by atoms with E-state index >= 15 is 0 Å². The van der Waals surface area contributed by atoms with Crippen LogP contribution >= 0.6 is 0 Å². The molecule has 12 heavy (non-hydrogen) atoms. The van der Waals surface area contributed by atoms with Crippen molar-refractivity contribution in [2.24, 2.45) is 0 Å². The van der Waals surface area contributed by atoms with E-state index in [4.69, 9.17) is 0 Å². The van der Waals surface area contributed by atoms with Gasteiger partial charge >= 0.3 is 35.5 Å². The number of ether oxygens (including phenoxy) is 1. The van der Waals surface area contributed by atoms with Crippen LogP contribution in [0.5, 0.6) is 0 Å². The molecule has 0 bridgehead atoms. The molecule has 0 aromatic heterocycles. The monoisotopic (exact) mass is 186 g/mol. The molecule has 7 heteroatoms. The molecule has 0 aromatic rings. The van der Waals surface area contributed by atoms with Gasteiger partial charge in [0.15, 0.2) is 0 Å². The molecule has 0 aliphatic rings. The summed E-state index contributed by atoms with van der Waals surface area (Å²) >= 11 is 0. The molecule has 0 heterocycles. The second kappa shape index (κ2) is 6.10. The molecular formula is C5H4FNaO5. The third kappa shape index (κ3) is 3.80. The number of ketones is 1. The minimum absolute atomic E-state index is 0. The third-order valence-electron chi connectivity index (χ3n) is 0.839. The van der Waals surface area contributed by atoms with Crippen molar-refractivity contribution >= 4 is 17.7 Å². The van der Waals surface area contributed by atoms with E-state index in [0.717, 1.165) is 7.11 Å². The zero-order valence-electron chi connectivity index (χ0n) is 6.50. The number of carboxylic acid groups (broad SMARTS) is 1. The van der Waals surface area contributed by atoms with Crippen molar-refractivity contribution in [3.05, 3.63) is 0 Å². The molecule has 0 aromatic carbocycles. The summed E-state index contributed by atoms with van der Waals surface area (Å²) in [7, 11) is 0.831. The summed E-state index contributed by atoms with van der Waals surface area (Å²) in [5.74, 6) is -5.72. The number of carbonyl (C=O) groups is 3. The number of methoxy groups -OCH3 is 1. The molecule has 1 atom stereocenters. The Bertz CT molecular complexity index is 204. The normalized spacial score (nSPS) is 10.8. The van der Waals surface area contributed by atoms with Crippen LogP contribution in [-0.4, -0.2) is 31.0 Å². The Morgan fingerprint density at radius 1 is 1.42 bits per heavy atom. The number of carbonyl (C=O) groups excluding carboxylic acids is 3. The Balaban J connectivity index is 0. The van der Waals surface area contributed by atoms with Crippen LogP contribution < -0.4 is 34.7 Å². The predicted octanol–water partition coefficient (Wildman–Crippen LogP) is -5.18. The first kappa shape index (κ1) is 14.1. The predicted molar refractivity (Wildman–Crippen MR) is 26.9 cm³/mol. The standard InChI is InChI=1S/C5H5FO5.Na/c1-11-5(10)2(6)3(7)4(8)9;/h2H,1H3,(H,8,9);/q;+1/p-1. The van der Waals surface area contributed by atoms with Gasteiger partial charge < -0.3 is 14.6 Å². The van der Waals surface area contributed by atoms with Crippen LogP contribution in [0.15, 0.2) is 0 Å². The number of halogens is 1. The Hall–Kier alpha value is -0.460. The van der Waals surface area contributed by atoms with E-state index in [1.807, 2.05) is 0 Å². The van der Waals surface area contributed by atoms with E-state index in [1.54, 1.807) is 0 Å². The number of esters is 1. The molecule has 1 unspecified atom stereocenters. The molecule has 0 fully saturated rings. The van der Waals surface area contributed by atoms with Gasteiger partial charge in [0.1, 0.15) is 5.97 Å². The number of carboxylic acids is 1. The van der Waals surface area contributed by atoms with Crippen molar-refractivity contribution in [3.63, 3.8) is 0 Å². The van der Waals surface area contributed by atoms with Crippen molar-refractivity contribution in [1.82, 2.24) is 0 Å². The molecule has 0 N–H and O–H groups in total. The van der Waals surface area contributed by atoms with Crippen molar-refractivity contribution in [2.45, 2.75) is 6.17 Å². The fourth-order valence-electron chi connectivity index (χ4n) is 0.314. The van der Waals surface area contributed by atoms with Gasteiger partial charge in [-0.2, -0.15) is 0 Å². The van der Waals surface area contributed by atoms with E-state index in [2.05, 4.69) is 4.74 Å². The Morgan fingerprint density at radius 2 is 1.83 bits per heavy atom. The van der Waals surface area contributed by atoms with Crippen LogP contribution in [0.25, 0.3) is 0 Å². The van der Waals surface area contributed by atoms with Crippen LogP contribution in [0.1, 0.15) is 0 Å². The number of hydrogen-bond acceptors (Lipinski definition) is 5. The van der Waals surface area contributed by atoms with Gasteiger partial charge in [-0.05, 0) is 0 Å². The van der Waals surface area contributed by atoms with Crippen molar-refractivity contribution in [2.75, 3.05) is 7.11 Å². The third-order valence-corrected chi connectivity index (χ3v) is 0.839. The first-order valence-electron chi connectivity index (χ1n) is 2.47. The quantitative estimate of drug-likeness (QED) is 0.190. The van der Waals surface area contributed by atoms with Gasteiger partial charge in [0.25, 0.3) is 6.17 Å². The first-order valence-corrected chi connectivity index (χ1v) is 2.47. The fraction of sp³-hybridized carbons (Fsp3) is 0.400. The average Bonchev–Trinajstić information content (AvgIpc) is 2.00. The Labute approximate surface area is 89.2 Å². The molecule has 0 aliphatic heterocycles. The first-order chi connectivity index (χ1) is 5.00. The molecule has 0 saturated heterocycles. The maximum Gasteiger partial charge on any atom is 1.00 e. The van der Waals surface area contributed by atoms with E-state index in [1.165, 1.54) is 0 Å². The summed E-state index contributed by atoms with van der Waals surface area (Å²) in [6.45, 7) is 0. The summed E-state index contributed by atoms with van der Waals surface area (Å²) in [6.07, 6.45) is -2.79. The fourth-order valence-corrected chi connectivity index (χ4v) is 0.314. The maximum atomic E-state index is 12.2. The topological polar surface area (TPSA) is 83.5 Å². The van der Waals surface area contributed by atoms with Gasteiger partial charge in [0.05, 0.1) is 7.11 Å². The summed E-state index contributed by atoms with van der Waals surface area (Å²) in [5, 5.41) is 9.65. The van der Waals surface area contributed by atoms with Crippen LogP contribution in [0, 0.1) is 0 Å². The summed E-state index contributed by atoms with van der Waals surface area (Å²) in [5.41, 5.74) is 0. The van der Waals surface area contributed by atoms with E-state index in [-0.39, 0.29) is 29.6 Å². The van der Waals surface area contributed by atoms with Gasteiger partial charge in [-0.15, -0.1) is 0 Å². The molecule has 0 aliphatic carbocycles. The van der Waals surface area contributed by atoms with E-state index < -0.39 is 23.9 Å². The minimum atomic E-state index is -2.79. The second-order valence-electron chi connectivity index (χ2n) is 1.54. The van der Waals surface area contributed by atoms with E-state index in [9.17, 15) is 23.9 Å². The Kier molecular flexibility index (Phi) is 7.16. The van der Waals surface area contributed by atoms with Gasteiger partial charge in [0.2, 0.25) is 5.78 Å². The molecule has 0 radical (unpaired) electrons. The second-order valence-corrected chi connectivity index (χ2v) is 1.54. The number of aliphatic carboxylic acids is 1. The molecule has 0 amide bonds. The SMILES string of the molecule is COC(=O)C(F)C(=O)C(=O)[O-].[Na+]. The minimum Gasteiger partial charge on any atom is -0.542 e. The van der Waals surface area contributed by atoms with Crippen LogP contribution in [-0.2, 0) is 19.1 Å². The molecule has 5 nitrogen and oxygen atoms in total. The molecular weight excluding hydrogens is 182 g/mol. The van der Waals surface area contributed by atoms with Crippen LogP contribution in [0.4, 0.5) is 4.39 Å². The Morgan fingerprint density at radius 3 is 2.08 bits per heavy atom. The van der Waals surface area contributed by atoms with Crippen LogP contribution in [0.2, 0.25) is 0 Å². The van der Waals surface area contributed by atoms with Gasteiger partial charge in [0, 0.05) is 0 Å². The summed E-state index contributed by atoms with van der Waals surface area (Å²) < 4.78 is 16.0.